The van der Waals surface area contributed by atoms with Crippen LogP contribution >= 0.6 is 0 Å². The van der Waals surface area contributed by atoms with Crippen LogP contribution in [0.3, 0.4) is 0 Å². The Balaban J connectivity index is 3.12. The van der Waals surface area contributed by atoms with E-state index >= 15 is 0 Å². The summed E-state index contributed by atoms with van der Waals surface area (Å²) in [6, 6.07) is 0. The number of unbranched alkanes of at least 4 members (excludes halogenated alkanes) is 15. The summed E-state index contributed by atoms with van der Waals surface area (Å²) in [6.07, 6.45) is 27.7. The number of rotatable bonds is 21. The van der Waals surface area contributed by atoms with Crippen molar-refractivity contribution in [3.8, 4) is 0 Å². The average molecular weight is 382 g/mol. The molecule has 0 heterocycles. The van der Waals surface area contributed by atoms with E-state index in [1.807, 2.05) is 0 Å². The van der Waals surface area contributed by atoms with Crippen LogP contribution in [0.2, 0.25) is 0 Å². The predicted molar refractivity (Wildman–Crippen MR) is 118 cm³/mol. The van der Waals surface area contributed by atoms with Crippen LogP contribution in [0.1, 0.15) is 122 Å². The van der Waals surface area contributed by atoms with Gasteiger partial charge in [0.25, 0.3) is 0 Å². The third-order valence-electron chi connectivity index (χ3n) is 5.10. The van der Waals surface area contributed by atoms with E-state index in [4.69, 9.17) is 5.11 Å². The molecule has 0 bridgehead atoms. The average Bonchev–Trinajstić information content (AvgIpc) is 2.68. The lowest BCUT2D eigenvalue weighted by Gasteiger charge is -2.03. The van der Waals surface area contributed by atoms with Crippen LogP contribution in [0, 0.1) is 0 Å². The zero-order valence-corrected chi connectivity index (χ0v) is 18.2. The summed E-state index contributed by atoms with van der Waals surface area (Å²) in [6.45, 7) is 2.69. The van der Waals surface area contributed by atoms with Gasteiger partial charge in [-0.1, -0.05) is 96.1 Å². The Morgan fingerprint density at radius 1 is 0.704 bits per heavy atom. The Morgan fingerprint density at radius 2 is 1.15 bits per heavy atom. The molecule has 27 heavy (non-hydrogen) atoms. The third kappa shape index (κ3) is 23.1. The standard InChI is InChI=1S/C24H47NO2/c1-2-3-4-5-6-7-8-9-10-11-12-13-14-15-16-17-18-19-20-21-24(27)25-22-23-26/h9-10,26H,2-8,11-23H2,1H3,(H,25,27)/b10-9+. The molecule has 3 heteroatoms. The van der Waals surface area contributed by atoms with Gasteiger partial charge in [-0.25, -0.2) is 0 Å². The van der Waals surface area contributed by atoms with Crippen LogP contribution in [0.5, 0.6) is 0 Å². The van der Waals surface area contributed by atoms with Crippen molar-refractivity contribution in [2.24, 2.45) is 0 Å². The first-order valence-corrected chi connectivity index (χ1v) is 11.8. The van der Waals surface area contributed by atoms with Crippen molar-refractivity contribution >= 4 is 5.91 Å². The Hall–Kier alpha value is -0.830. The van der Waals surface area contributed by atoms with Crippen molar-refractivity contribution in [2.75, 3.05) is 13.2 Å². The first kappa shape index (κ1) is 26.2. The van der Waals surface area contributed by atoms with E-state index < -0.39 is 0 Å². The third-order valence-corrected chi connectivity index (χ3v) is 5.10. The zero-order valence-electron chi connectivity index (χ0n) is 18.2. The van der Waals surface area contributed by atoms with Gasteiger partial charge in [-0.3, -0.25) is 4.79 Å². The molecule has 0 saturated heterocycles. The summed E-state index contributed by atoms with van der Waals surface area (Å²) in [5.41, 5.74) is 0. The van der Waals surface area contributed by atoms with Crippen molar-refractivity contribution < 1.29 is 9.90 Å². The number of hydrogen-bond acceptors (Lipinski definition) is 2. The van der Waals surface area contributed by atoms with Gasteiger partial charge in [0.2, 0.25) is 5.91 Å². The Morgan fingerprint density at radius 3 is 1.63 bits per heavy atom. The molecule has 0 radical (unpaired) electrons. The van der Waals surface area contributed by atoms with E-state index in [2.05, 4.69) is 24.4 Å². The van der Waals surface area contributed by atoms with Gasteiger partial charge in [-0.2, -0.15) is 0 Å². The molecule has 0 rings (SSSR count). The molecule has 0 aromatic heterocycles. The molecular weight excluding hydrogens is 334 g/mol. The topological polar surface area (TPSA) is 49.3 Å². The first-order valence-electron chi connectivity index (χ1n) is 11.8. The smallest absolute Gasteiger partial charge is 0.220 e. The van der Waals surface area contributed by atoms with Gasteiger partial charge in [-0.05, 0) is 32.1 Å². The zero-order chi connectivity index (χ0) is 19.8. The van der Waals surface area contributed by atoms with Gasteiger partial charge in [0.1, 0.15) is 0 Å². The maximum atomic E-state index is 11.4. The van der Waals surface area contributed by atoms with Gasteiger partial charge < -0.3 is 10.4 Å². The predicted octanol–water partition coefficient (Wildman–Crippen LogP) is 6.69. The molecule has 0 spiro atoms. The van der Waals surface area contributed by atoms with Crippen molar-refractivity contribution in [3.05, 3.63) is 12.2 Å². The molecule has 0 aliphatic rings. The lowest BCUT2D eigenvalue weighted by atomic mass is 10.1. The largest absolute Gasteiger partial charge is 0.395 e. The second-order valence-corrected chi connectivity index (χ2v) is 7.82. The van der Waals surface area contributed by atoms with E-state index in [0.29, 0.717) is 13.0 Å². The van der Waals surface area contributed by atoms with Gasteiger partial charge in [0, 0.05) is 13.0 Å². The van der Waals surface area contributed by atoms with Crippen molar-refractivity contribution in [3.63, 3.8) is 0 Å². The van der Waals surface area contributed by atoms with E-state index in [1.165, 1.54) is 96.3 Å². The molecule has 0 aliphatic heterocycles. The number of amides is 1. The van der Waals surface area contributed by atoms with Crippen molar-refractivity contribution in [1.29, 1.82) is 0 Å². The number of aliphatic hydroxyl groups is 1. The summed E-state index contributed by atoms with van der Waals surface area (Å²) in [4.78, 5) is 11.4. The number of carbonyl (C=O) groups excluding carboxylic acids is 1. The molecule has 0 atom stereocenters. The minimum absolute atomic E-state index is 0.0290. The SMILES string of the molecule is CCCCCCCC/C=C/CCCCCCCCCCCC(=O)NCCO. The van der Waals surface area contributed by atoms with Crippen LogP contribution in [0.25, 0.3) is 0 Å². The highest BCUT2D eigenvalue weighted by Gasteiger charge is 1.99. The fourth-order valence-electron chi connectivity index (χ4n) is 3.35. The van der Waals surface area contributed by atoms with Gasteiger partial charge in [0.15, 0.2) is 0 Å². The number of nitrogens with one attached hydrogen (secondary N) is 1. The van der Waals surface area contributed by atoms with Crippen LogP contribution < -0.4 is 5.32 Å². The van der Waals surface area contributed by atoms with Gasteiger partial charge >= 0.3 is 0 Å². The lowest BCUT2D eigenvalue weighted by Crippen LogP contribution is -2.25. The van der Waals surface area contributed by atoms with E-state index in [1.54, 1.807) is 0 Å². The molecule has 2 N–H and O–H groups in total. The monoisotopic (exact) mass is 381 g/mol. The minimum atomic E-state index is 0.0290. The summed E-state index contributed by atoms with van der Waals surface area (Å²) < 4.78 is 0. The van der Waals surface area contributed by atoms with Crippen LogP contribution in [0.4, 0.5) is 0 Å². The summed E-state index contributed by atoms with van der Waals surface area (Å²) >= 11 is 0. The molecule has 0 fully saturated rings. The fourth-order valence-corrected chi connectivity index (χ4v) is 3.35. The molecule has 0 aliphatic carbocycles. The highest BCUT2D eigenvalue weighted by atomic mass is 16.3. The van der Waals surface area contributed by atoms with E-state index in [9.17, 15) is 4.79 Å². The van der Waals surface area contributed by atoms with Crippen molar-refractivity contribution in [2.45, 2.75) is 122 Å². The lowest BCUT2D eigenvalue weighted by molar-refractivity contribution is -0.121. The Kier molecular flexibility index (Phi) is 22.5. The normalized spacial score (nSPS) is 11.3. The van der Waals surface area contributed by atoms with Crippen LogP contribution in [-0.4, -0.2) is 24.2 Å². The molecule has 0 unspecified atom stereocenters. The second kappa shape index (κ2) is 23.2. The number of hydrogen-bond donors (Lipinski definition) is 2. The highest BCUT2D eigenvalue weighted by molar-refractivity contribution is 5.75. The summed E-state index contributed by atoms with van der Waals surface area (Å²) in [5, 5.41) is 11.3. The Bertz CT molecular complexity index is 328. The van der Waals surface area contributed by atoms with Crippen molar-refractivity contribution in [1.82, 2.24) is 5.32 Å². The van der Waals surface area contributed by atoms with Gasteiger partial charge in [-0.15, -0.1) is 0 Å². The molecular formula is C24H47NO2. The molecule has 3 nitrogen and oxygen atoms in total. The van der Waals surface area contributed by atoms with E-state index in [-0.39, 0.29) is 12.5 Å². The van der Waals surface area contributed by atoms with Gasteiger partial charge in [0.05, 0.1) is 6.61 Å². The molecule has 1 amide bonds. The molecule has 160 valence electrons. The summed E-state index contributed by atoms with van der Waals surface area (Å²) in [7, 11) is 0. The highest BCUT2D eigenvalue weighted by Crippen LogP contribution is 2.12. The summed E-state index contributed by atoms with van der Waals surface area (Å²) in [5.74, 6) is 0.0741. The first-order chi connectivity index (χ1) is 13.3. The minimum Gasteiger partial charge on any atom is -0.395 e. The van der Waals surface area contributed by atoms with Crippen LogP contribution in [-0.2, 0) is 4.79 Å². The number of carbonyl (C=O) groups is 1. The quantitative estimate of drug-likeness (QED) is 0.172. The Labute approximate surface area is 169 Å². The molecule has 0 saturated carbocycles. The maximum absolute atomic E-state index is 11.4. The van der Waals surface area contributed by atoms with Crippen LogP contribution in [0.15, 0.2) is 12.2 Å². The fraction of sp³-hybridized carbons (Fsp3) is 0.875. The second-order valence-electron chi connectivity index (χ2n) is 7.82. The van der Waals surface area contributed by atoms with E-state index in [0.717, 1.165) is 12.8 Å². The number of aliphatic hydroxyl groups excluding tert-OH is 1. The molecule has 0 aromatic rings. The number of allylic oxidation sites excluding steroid dienone is 2. The molecule has 0 aromatic carbocycles. The maximum Gasteiger partial charge on any atom is 0.220 e.